The summed E-state index contributed by atoms with van der Waals surface area (Å²) in [7, 11) is 0. The van der Waals surface area contributed by atoms with Crippen LogP contribution in [-0.2, 0) is 14.3 Å². The summed E-state index contributed by atoms with van der Waals surface area (Å²) in [6, 6.07) is -0.724. The van der Waals surface area contributed by atoms with E-state index in [1.165, 1.54) is 225 Å². The Labute approximate surface area is 524 Å². The Morgan fingerprint density at radius 2 is 0.729 bits per heavy atom. The number of unbranched alkanes of at least 4 members (excludes halogenated alkanes) is 39. The van der Waals surface area contributed by atoms with Gasteiger partial charge in [-0.05, 0) is 70.6 Å². The Morgan fingerprint density at radius 3 is 1.08 bits per heavy atom. The minimum atomic E-state index is -1.56. The first-order valence-electron chi connectivity index (χ1n) is 36.3. The predicted molar refractivity (Wildman–Crippen MR) is 364 cm³/mol. The molecule has 7 atom stereocenters. The molecule has 1 amide bonds. The summed E-state index contributed by atoms with van der Waals surface area (Å²) in [5.41, 5.74) is 0. The molecule has 1 rings (SSSR count). The molecule has 1 heterocycles. The fraction of sp³-hybridized carbons (Fsp3) is 0.803. The molecular formula is C76H137NO8. The molecule has 9 nitrogen and oxygen atoms in total. The molecule has 0 aromatic carbocycles. The van der Waals surface area contributed by atoms with Crippen molar-refractivity contribution >= 4 is 5.91 Å². The monoisotopic (exact) mass is 1190 g/mol. The summed E-state index contributed by atoms with van der Waals surface area (Å²) in [4.78, 5) is 13.2. The molecule has 1 aliphatic rings. The third-order valence-corrected chi connectivity index (χ3v) is 17.0. The summed E-state index contributed by atoms with van der Waals surface area (Å²) in [5, 5.41) is 55.0. The van der Waals surface area contributed by atoms with E-state index in [0.29, 0.717) is 12.8 Å². The highest BCUT2D eigenvalue weighted by Crippen LogP contribution is 2.24. The second-order valence-electron chi connectivity index (χ2n) is 25.0. The van der Waals surface area contributed by atoms with Crippen molar-refractivity contribution in [3.63, 3.8) is 0 Å². The molecule has 494 valence electrons. The van der Waals surface area contributed by atoms with Gasteiger partial charge in [0.2, 0.25) is 5.91 Å². The molecule has 7 unspecified atom stereocenters. The van der Waals surface area contributed by atoms with Gasteiger partial charge in [0.15, 0.2) is 6.29 Å². The summed E-state index contributed by atoms with van der Waals surface area (Å²) in [5.74, 6) is -0.142. The molecule has 1 aliphatic heterocycles. The predicted octanol–water partition coefficient (Wildman–Crippen LogP) is 20.1. The zero-order valence-electron chi connectivity index (χ0n) is 55.4. The van der Waals surface area contributed by atoms with Crippen molar-refractivity contribution in [2.75, 3.05) is 13.2 Å². The molecule has 9 heteroatoms. The number of carbonyl (C=O) groups is 1. The smallest absolute Gasteiger partial charge is 0.220 e. The number of aliphatic hydroxyl groups is 5. The quantitative estimate of drug-likeness (QED) is 0.0261. The normalized spacial score (nSPS) is 18.6. The standard InChI is InChI=1S/C76H137NO8/c1-3-5-7-9-11-13-15-17-19-21-23-25-27-29-30-31-32-33-34-35-36-37-38-39-40-42-44-46-48-50-52-54-56-58-60-62-64-66-72(80)77-69(68-84-76-75(83)74(82)73(81)71(67-78)85-76)70(79)65-63-61-59-57-55-53-51-49-47-45-43-41-28-26-24-22-20-18-16-14-12-10-8-6-4-2/h5,7,11,13,17,19,23,25,29-30,32-33,35-36,69-71,73-76,78-79,81-83H,3-4,6,8-10,12,14-16,18,20-22,24,26-28,31,34,37-68H2,1-2H3,(H,77,80)/b7-5-,13-11-,19-17-,25-23-,30-29-,33-32-,36-35-. The van der Waals surface area contributed by atoms with Crippen LogP contribution in [0, 0.1) is 0 Å². The summed E-state index contributed by atoms with van der Waals surface area (Å²) in [6.45, 7) is 3.76. The van der Waals surface area contributed by atoms with Crippen molar-refractivity contribution in [3.8, 4) is 0 Å². The maximum absolute atomic E-state index is 13.2. The second-order valence-corrected chi connectivity index (χ2v) is 25.0. The third-order valence-electron chi connectivity index (χ3n) is 17.0. The molecule has 0 aromatic heterocycles. The van der Waals surface area contributed by atoms with Crippen molar-refractivity contribution in [1.82, 2.24) is 5.32 Å². The van der Waals surface area contributed by atoms with Gasteiger partial charge in [-0.15, -0.1) is 0 Å². The molecule has 0 spiro atoms. The van der Waals surface area contributed by atoms with Crippen LogP contribution in [-0.4, -0.2) is 87.5 Å². The van der Waals surface area contributed by atoms with Gasteiger partial charge in [-0.2, -0.15) is 0 Å². The van der Waals surface area contributed by atoms with Crippen LogP contribution in [0.15, 0.2) is 85.1 Å². The van der Waals surface area contributed by atoms with Gasteiger partial charge in [-0.1, -0.05) is 343 Å². The average Bonchev–Trinajstić information content (AvgIpc) is 3.57. The van der Waals surface area contributed by atoms with Crippen LogP contribution in [0.25, 0.3) is 0 Å². The molecule has 0 saturated carbocycles. The Morgan fingerprint density at radius 1 is 0.412 bits per heavy atom. The van der Waals surface area contributed by atoms with E-state index in [1.54, 1.807) is 0 Å². The molecule has 6 N–H and O–H groups in total. The summed E-state index contributed by atoms with van der Waals surface area (Å²) < 4.78 is 11.4. The highest BCUT2D eigenvalue weighted by molar-refractivity contribution is 5.76. The van der Waals surface area contributed by atoms with Crippen LogP contribution in [0.5, 0.6) is 0 Å². The topological polar surface area (TPSA) is 149 Å². The van der Waals surface area contributed by atoms with Crippen LogP contribution in [0.3, 0.4) is 0 Å². The number of rotatable bonds is 63. The maximum Gasteiger partial charge on any atom is 0.220 e. The lowest BCUT2D eigenvalue weighted by Gasteiger charge is -2.40. The Balaban J connectivity index is 2.10. The lowest BCUT2D eigenvalue weighted by molar-refractivity contribution is -0.302. The maximum atomic E-state index is 13.2. The van der Waals surface area contributed by atoms with Crippen molar-refractivity contribution in [2.24, 2.45) is 0 Å². The van der Waals surface area contributed by atoms with Crippen molar-refractivity contribution < 1.29 is 39.8 Å². The first-order valence-corrected chi connectivity index (χ1v) is 36.3. The first-order chi connectivity index (χ1) is 41.8. The number of hydrogen-bond donors (Lipinski definition) is 6. The fourth-order valence-electron chi connectivity index (χ4n) is 11.4. The number of amides is 1. The highest BCUT2D eigenvalue weighted by atomic mass is 16.7. The Kier molecular flexibility index (Phi) is 60.9. The fourth-order valence-corrected chi connectivity index (χ4v) is 11.4. The molecule has 0 radical (unpaired) electrons. The van der Waals surface area contributed by atoms with E-state index in [-0.39, 0.29) is 12.5 Å². The molecule has 0 aliphatic carbocycles. The van der Waals surface area contributed by atoms with Crippen LogP contribution < -0.4 is 5.32 Å². The largest absolute Gasteiger partial charge is 0.394 e. The van der Waals surface area contributed by atoms with E-state index in [0.717, 1.165) is 83.5 Å². The van der Waals surface area contributed by atoms with Crippen LogP contribution in [0.1, 0.15) is 335 Å². The first kappa shape index (κ1) is 80.4. The van der Waals surface area contributed by atoms with E-state index in [1.807, 2.05) is 0 Å². The number of allylic oxidation sites excluding steroid dienone is 14. The van der Waals surface area contributed by atoms with E-state index < -0.39 is 49.5 Å². The number of carbonyl (C=O) groups excluding carboxylic acids is 1. The number of aliphatic hydroxyl groups excluding tert-OH is 5. The van der Waals surface area contributed by atoms with Crippen LogP contribution in [0.4, 0.5) is 0 Å². The second kappa shape index (κ2) is 64.4. The van der Waals surface area contributed by atoms with Gasteiger partial charge in [0, 0.05) is 6.42 Å². The molecule has 0 bridgehead atoms. The van der Waals surface area contributed by atoms with Crippen molar-refractivity contribution in [3.05, 3.63) is 85.1 Å². The lowest BCUT2D eigenvalue weighted by atomic mass is 9.99. The zero-order chi connectivity index (χ0) is 61.4. The van der Waals surface area contributed by atoms with Crippen LogP contribution in [0.2, 0.25) is 0 Å². The Hall–Kier alpha value is -2.63. The summed E-state index contributed by atoms with van der Waals surface area (Å²) in [6.07, 6.45) is 85.1. The number of hydrogen-bond acceptors (Lipinski definition) is 8. The van der Waals surface area contributed by atoms with Gasteiger partial charge in [-0.3, -0.25) is 4.79 Å². The molecule has 85 heavy (non-hydrogen) atoms. The zero-order valence-corrected chi connectivity index (χ0v) is 55.4. The molecule has 1 fully saturated rings. The Bertz CT molecular complexity index is 1620. The lowest BCUT2D eigenvalue weighted by Crippen LogP contribution is -2.60. The van der Waals surface area contributed by atoms with Crippen molar-refractivity contribution in [1.29, 1.82) is 0 Å². The van der Waals surface area contributed by atoms with E-state index >= 15 is 0 Å². The van der Waals surface area contributed by atoms with E-state index in [4.69, 9.17) is 9.47 Å². The van der Waals surface area contributed by atoms with Gasteiger partial charge in [-0.25, -0.2) is 0 Å². The van der Waals surface area contributed by atoms with Gasteiger partial charge < -0.3 is 40.3 Å². The van der Waals surface area contributed by atoms with Crippen molar-refractivity contribution in [2.45, 2.75) is 378 Å². The van der Waals surface area contributed by atoms with Gasteiger partial charge in [0.1, 0.15) is 24.4 Å². The highest BCUT2D eigenvalue weighted by Gasteiger charge is 2.44. The van der Waals surface area contributed by atoms with Gasteiger partial charge >= 0.3 is 0 Å². The molecule has 1 saturated heterocycles. The molecule has 0 aromatic rings. The van der Waals surface area contributed by atoms with Gasteiger partial charge in [0.05, 0.1) is 25.4 Å². The molecular weight excluding hydrogens is 1050 g/mol. The van der Waals surface area contributed by atoms with Crippen LogP contribution >= 0.6 is 0 Å². The van der Waals surface area contributed by atoms with E-state index in [2.05, 4.69) is 104 Å². The average molecular weight is 1190 g/mol. The minimum absolute atomic E-state index is 0.138. The van der Waals surface area contributed by atoms with Gasteiger partial charge in [0.25, 0.3) is 0 Å². The SMILES string of the molecule is CC/C=C\C/C=C\C/C=C\C/C=C\C/C=C\C/C=C\C/C=C\CCCCCCCCCCCCCCCCCC(=O)NC(COC1OC(CO)C(O)C(O)C1O)C(O)CCCCCCCCCCCCCCCCCCCCCCCCCCC. The number of ether oxygens (including phenoxy) is 2. The third kappa shape index (κ3) is 53.0. The number of nitrogens with one attached hydrogen (secondary N) is 1. The summed E-state index contributed by atoms with van der Waals surface area (Å²) >= 11 is 0. The van der Waals surface area contributed by atoms with E-state index in [9.17, 15) is 30.3 Å². The minimum Gasteiger partial charge on any atom is -0.394 e.